The van der Waals surface area contributed by atoms with Gasteiger partial charge in [-0.3, -0.25) is 4.79 Å². The van der Waals surface area contributed by atoms with Gasteiger partial charge in [-0.1, -0.05) is 6.92 Å². The van der Waals surface area contributed by atoms with Crippen LogP contribution in [-0.2, 0) is 14.6 Å². The summed E-state index contributed by atoms with van der Waals surface area (Å²) in [4.78, 5) is 14.5. The topological polar surface area (TPSA) is 98.9 Å². The molecule has 7 nitrogen and oxygen atoms in total. The zero-order valence-corrected chi connectivity index (χ0v) is 16.5. The first kappa shape index (κ1) is 19.9. The van der Waals surface area contributed by atoms with E-state index in [1.165, 1.54) is 12.1 Å². The number of likely N-dealkylation sites (tertiary alicyclic amines) is 1. The SMILES string of the molecule is CC1CCCN(C(=O)CCS(=O)(=O)c2ccc3c(c2)OCCCO3)C1CN. The van der Waals surface area contributed by atoms with E-state index in [4.69, 9.17) is 15.2 Å². The molecule has 2 aliphatic heterocycles. The molecule has 1 amide bonds. The normalized spacial score (nSPS) is 23.0. The van der Waals surface area contributed by atoms with E-state index in [1.54, 1.807) is 11.0 Å². The summed E-state index contributed by atoms with van der Waals surface area (Å²) in [5.41, 5.74) is 5.83. The number of fused-ring (bicyclic) bond motifs is 1. The van der Waals surface area contributed by atoms with Crippen LogP contribution in [-0.4, -0.2) is 57.3 Å². The van der Waals surface area contributed by atoms with Crippen LogP contribution in [0.15, 0.2) is 23.1 Å². The van der Waals surface area contributed by atoms with Crippen LogP contribution in [0.1, 0.15) is 32.6 Å². The fourth-order valence-corrected chi connectivity index (χ4v) is 4.98. The van der Waals surface area contributed by atoms with Crippen molar-refractivity contribution in [2.75, 3.05) is 32.1 Å². The average molecular weight is 397 g/mol. The molecule has 0 spiro atoms. The van der Waals surface area contributed by atoms with E-state index in [9.17, 15) is 13.2 Å². The van der Waals surface area contributed by atoms with Crippen molar-refractivity contribution >= 4 is 15.7 Å². The molecule has 2 heterocycles. The van der Waals surface area contributed by atoms with Gasteiger partial charge in [0.05, 0.1) is 23.9 Å². The fraction of sp³-hybridized carbons (Fsp3) is 0.632. The number of carbonyl (C=O) groups excluding carboxylic acids is 1. The van der Waals surface area contributed by atoms with E-state index in [0.29, 0.717) is 43.7 Å². The second-order valence-corrected chi connectivity index (χ2v) is 9.35. The molecule has 8 heteroatoms. The molecule has 3 rings (SSSR count). The molecule has 0 radical (unpaired) electrons. The third-order valence-corrected chi connectivity index (χ3v) is 7.05. The molecule has 0 saturated carbocycles. The van der Waals surface area contributed by atoms with Gasteiger partial charge < -0.3 is 20.1 Å². The predicted octanol–water partition coefficient (Wildman–Crippen LogP) is 1.60. The lowest BCUT2D eigenvalue weighted by atomic mass is 9.90. The summed E-state index contributed by atoms with van der Waals surface area (Å²) in [5.74, 6) is 0.956. The highest BCUT2D eigenvalue weighted by atomic mass is 32.2. The second kappa shape index (κ2) is 8.48. The van der Waals surface area contributed by atoms with Gasteiger partial charge in [0.2, 0.25) is 5.91 Å². The van der Waals surface area contributed by atoms with Crippen LogP contribution >= 0.6 is 0 Å². The van der Waals surface area contributed by atoms with Crippen LogP contribution < -0.4 is 15.2 Å². The van der Waals surface area contributed by atoms with Crippen molar-refractivity contribution in [1.29, 1.82) is 0 Å². The van der Waals surface area contributed by atoms with Gasteiger partial charge in [-0.2, -0.15) is 0 Å². The first-order valence-electron chi connectivity index (χ1n) is 9.54. The summed E-state index contributed by atoms with van der Waals surface area (Å²) in [6.45, 7) is 4.18. The Bertz CT molecular complexity index is 780. The monoisotopic (exact) mass is 396 g/mol. The number of ether oxygens (including phenoxy) is 2. The fourth-order valence-electron chi connectivity index (χ4n) is 3.74. The van der Waals surface area contributed by atoms with Crippen molar-refractivity contribution in [2.45, 2.75) is 43.5 Å². The summed E-state index contributed by atoms with van der Waals surface area (Å²) in [6.07, 6.45) is 2.68. The Labute approximate surface area is 160 Å². The molecule has 2 N–H and O–H groups in total. The first-order valence-corrected chi connectivity index (χ1v) is 11.2. The van der Waals surface area contributed by atoms with Gasteiger partial charge in [0.1, 0.15) is 0 Å². The third kappa shape index (κ3) is 4.55. The number of piperidine rings is 1. The highest BCUT2D eigenvalue weighted by molar-refractivity contribution is 7.91. The number of sulfone groups is 1. The largest absolute Gasteiger partial charge is 0.490 e. The number of hydrogen-bond donors (Lipinski definition) is 1. The zero-order valence-electron chi connectivity index (χ0n) is 15.7. The van der Waals surface area contributed by atoms with Gasteiger partial charge in [0.15, 0.2) is 21.3 Å². The summed E-state index contributed by atoms with van der Waals surface area (Å²) in [5, 5.41) is 0. The third-order valence-electron chi connectivity index (χ3n) is 5.34. The zero-order chi connectivity index (χ0) is 19.4. The minimum Gasteiger partial charge on any atom is -0.490 e. The Kier molecular flexibility index (Phi) is 6.26. The van der Waals surface area contributed by atoms with Crippen LogP contribution in [0.2, 0.25) is 0 Å². The van der Waals surface area contributed by atoms with Crippen molar-refractivity contribution in [3.63, 3.8) is 0 Å². The maximum Gasteiger partial charge on any atom is 0.223 e. The molecule has 0 aliphatic carbocycles. The van der Waals surface area contributed by atoms with E-state index in [2.05, 4.69) is 6.92 Å². The minimum atomic E-state index is -3.59. The molecule has 2 atom stereocenters. The van der Waals surface area contributed by atoms with Crippen LogP contribution in [0, 0.1) is 5.92 Å². The van der Waals surface area contributed by atoms with E-state index in [-0.39, 0.29) is 29.0 Å². The van der Waals surface area contributed by atoms with Crippen LogP contribution in [0.25, 0.3) is 0 Å². The predicted molar refractivity (Wildman–Crippen MR) is 102 cm³/mol. The van der Waals surface area contributed by atoms with Crippen molar-refractivity contribution in [1.82, 2.24) is 4.90 Å². The van der Waals surface area contributed by atoms with Gasteiger partial charge in [0, 0.05) is 38.0 Å². The molecule has 27 heavy (non-hydrogen) atoms. The van der Waals surface area contributed by atoms with E-state index < -0.39 is 9.84 Å². The van der Waals surface area contributed by atoms with Crippen LogP contribution in [0.5, 0.6) is 11.5 Å². The number of nitrogens with two attached hydrogens (primary N) is 1. The molecular weight excluding hydrogens is 368 g/mol. The molecule has 1 saturated heterocycles. The molecule has 2 aliphatic rings. The number of nitrogens with zero attached hydrogens (tertiary/aromatic N) is 1. The standard InChI is InChI=1S/C19H28N2O5S/c1-14-4-2-8-21(16(14)13-20)19(22)7-11-27(23,24)15-5-6-17-18(12-15)26-10-3-9-25-17/h5-6,12,14,16H,2-4,7-11,13,20H2,1H3. The Hall–Kier alpha value is -1.80. The van der Waals surface area contributed by atoms with Gasteiger partial charge >= 0.3 is 0 Å². The molecule has 1 fully saturated rings. The summed E-state index contributed by atoms with van der Waals surface area (Å²) >= 11 is 0. The van der Waals surface area contributed by atoms with E-state index in [1.807, 2.05) is 0 Å². The number of rotatable bonds is 5. The molecule has 1 aromatic rings. The number of hydrogen-bond acceptors (Lipinski definition) is 6. The summed E-state index contributed by atoms with van der Waals surface area (Å²) in [6, 6.07) is 4.61. The second-order valence-electron chi connectivity index (χ2n) is 7.24. The van der Waals surface area contributed by atoms with Crippen molar-refractivity contribution in [2.24, 2.45) is 11.7 Å². The first-order chi connectivity index (χ1) is 12.9. The summed E-state index contributed by atoms with van der Waals surface area (Å²) < 4.78 is 36.5. The Morgan fingerprint density at radius 3 is 2.70 bits per heavy atom. The van der Waals surface area contributed by atoms with Crippen molar-refractivity contribution in [3.05, 3.63) is 18.2 Å². The quantitative estimate of drug-likeness (QED) is 0.812. The van der Waals surface area contributed by atoms with Gasteiger partial charge in [-0.15, -0.1) is 0 Å². The maximum atomic E-state index is 12.7. The molecular formula is C19H28N2O5S. The van der Waals surface area contributed by atoms with Crippen molar-refractivity contribution < 1.29 is 22.7 Å². The minimum absolute atomic E-state index is 0.00741. The molecule has 2 unspecified atom stereocenters. The highest BCUT2D eigenvalue weighted by Crippen LogP contribution is 2.32. The summed E-state index contributed by atoms with van der Waals surface area (Å²) in [7, 11) is -3.59. The maximum absolute atomic E-state index is 12.7. The average Bonchev–Trinajstić information content (AvgIpc) is 2.90. The number of benzene rings is 1. The molecule has 150 valence electrons. The van der Waals surface area contributed by atoms with Crippen LogP contribution in [0.3, 0.4) is 0 Å². The lowest BCUT2D eigenvalue weighted by Crippen LogP contribution is -2.51. The van der Waals surface area contributed by atoms with Crippen LogP contribution in [0.4, 0.5) is 0 Å². The lowest BCUT2D eigenvalue weighted by Gasteiger charge is -2.39. The smallest absolute Gasteiger partial charge is 0.223 e. The Morgan fingerprint density at radius 1 is 1.22 bits per heavy atom. The van der Waals surface area contributed by atoms with Gasteiger partial charge in [0.25, 0.3) is 0 Å². The van der Waals surface area contributed by atoms with E-state index in [0.717, 1.165) is 19.3 Å². The molecule has 0 bridgehead atoms. The Balaban J connectivity index is 1.68. The van der Waals surface area contributed by atoms with Gasteiger partial charge in [-0.25, -0.2) is 8.42 Å². The molecule has 0 aromatic heterocycles. The lowest BCUT2D eigenvalue weighted by molar-refractivity contribution is -0.135. The number of carbonyl (C=O) groups is 1. The number of amides is 1. The van der Waals surface area contributed by atoms with Gasteiger partial charge in [-0.05, 0) is 30.9 Å². The molecule has 1 aromatic carbocycles. The van der Waals surface area contributed by atoms with Crippen molar-refractivity contribution in [3.8, 4) is 11.5 Å². The van der Waals surface area contributed by atoms with E-state index >= 15 is 0 Å². The highest BCUT2D eigenvalue weighted by Gasteiger charge is 2.31. The Morgan fingerprint density at radius 2 is 1.96 bits per heavy atom.